The number of carbonyl (C=O) groups is 1. The van der Waals surface area contributed by atoms with Crippen LogP contribution in [0.3, 0.4) is 0 Å². The molecule has 1 fully saturated rings. The van der Waals surface area contributed by atoms with Crippen LogP contribution in [0.1, 0.15) is 22.9 Å². The van der Waals surface area contributed by atoms with Gasteiger partial charge in [-0.2, -0.15) is 5.10 Å². The van der Waals surface area contributed by atoms with E-state index in [4.69, 9.17) is 9.84 Å². The average Bonchev–Trinajstić information content (AvgIpc) is 3.49. The van der Waals surface area contributed by atoms with E-state index in [-0.39, 0.29) is 23.8 Å². The van der Waals surface area contributed by atoms with Gasteiger partial charge in [-0.25, -0.2) is 23.8 Å². The zero-order valence-electron chi connectivity index (χ0n) is 22.3. The molecule has 5 rings (SSSR count). The monoisotopic (exact) mass is 529 g/mol. The largest absolute Gasteiger partial charge is 0.383 e. The van der Waals surface area contributed by atoms with Gasteiger partial charge in [0.15, 0.2) is 0 Å². The van der Waals surface area contributed by atoms with Crippen molar-refractivity contribution in [3.05, 3.63) is 89.8 Å². The van der Waals surface area contributed by atoms with Gasteiger partial charge in [0.2, 0.25) is 0 Å². The standard InChI is InChI=1S/C29H32FN7O2/c1-19-27(22-15-31-20(2)32-16-22)35-37(24-10-5-4-6-11-24)28(19)34-29(38)33-26-18-36(12-13-39-3)17-25(26)21-8-7-9-23(30)14-21/h4-11,14-16,25-26H,12-13,17-18H2,1-3H3,(H2,33,34,38)/t25-,26+/m0/s1. The van der Waals surface area contributed by atoms with Crippen LogP contribution in [0.15, 0.2) is 67.0 Å². The molecule has 10 heteroatoms. The van der Waals surface area contributed by atoms with Crippen LogP contribution in [-0.4, -0.2) is 70.1 Å². The molecule has 1 saturated heterocycles. The van der Waals surface area contributed by atoms with Crippen molar-refractivity contribution in [2.45, 2.75) is 25.8 Å². The summed E-state index contributed by atoms with van der Waals surface area (Å²) in [5.41, 5.74) is 3.88. The number of ether oxygens (including phenoxy) is 1. The van der Waals surface area contributed by atoms with Gasteiger partial charge < -0.3 is 10.1 Å². The van der Waals surface area contributed by atoms with Crippen LogP contribution in [0.5, 0.6) is 0 Å². The second-order valence-electron chi connectivity index (χ2n) is 9.71. The van der Waals surface area contributed by atoms with Gasteiger partial charge in [-0.3, -0.25) is 10.2 Å². The van der Waals surface area contributed by atoms with Crippen molar-refractivity contribution in [2.75, 3.05) is 38.7 Å². The third-order valence-electron chi connectivity index (χ3n) is 7.01. The van der Waals surface area contributed by atoms with Crippen LogP contribution in [0.25, 0.3) is 16.9 Å². The molecule has 202 valence electrons. The number of benzene rings is 2. The minimum absolute atomic E-state index is 0.0660. The van der Waals surface area contributed by atoms with E-state index in [9.17, 15) is 9.18 Å². The van der Waals surface area contributed by atoms with E-state index in [2.05, 4.69) is 25.5 Å². The Morgan fingerprint density at radius 1 is 1.08 bits per heavy atom. The number of nitrogens with zero attached hydrogens (tertiary/aromatic N) is 5. The first kappa shape index (κ1) is 26.5. The molecule has 1 aliphatic rings. The minimum atomic E-state index is -0.359. The zero-order chi connectivity index (χ0) is 27.4. The van der Waals surface area contributed by atoms with Crippen LogP contribution in [0.4, 0.5) is 15.0 Å². The van der Waals surface area contributed by atoms with E-state index in [1.165, 1.54) is 6.07 Å². The van der Waals surface area contributed by atoms with Crippen molar-refractivity contribution in [1.29, 1.82) is 0 Å². The third kappa shape index (κ3) is 5.97. The van der Waals surface area contributed by atoms with Gasteiger partial charge in [0.05, 0.1) is 18.3 Å². The van der Waals surface area contributed by atoms with Gasteiger partial charge in [-0.15, -0.1) is 0 Å². The van der Waals surface area contributed by atoms with E-state index in [0.717, 1.165) is 28.9 Å². The molecule has 1 aliphatic heterocycles. The van der Waals surface area contributed by atoms with Crippen molar-refractivity contribution >= 4 is 11.8 Å². The summed E-state index contributed by atoms with van der Waals surface area (Å²) in [6, 6.07) is 15.6. The lowest BCUT2D eigenvalue weighted by Crippen LogP contribution is -2.42. The number of likely N-dealkylation sites (tertiary alicyclic amines) is 1. The normalized spacial score (nSPS) is 17.3. The summed E-state index contributed by atoms with van der Waals surface area (Å²) in [6.45, 7) is 6.36. The molecule has 2 amide bonds. The molecular weight excluding hydrogens is 497 g/mol. The summed E-state index contributed by atoms with van der Waals surface area (Å²) in [5, 5.41) is 11.0. The van der Waals surface area contributed by atoms with Crippen LogP contribution in [0.2, 0.25) is 0 Å². The van der Waals surface area contributed by atoms with Crippen molar-refractivity contribution in [2.24, 2.45) is 0 Å². The van der Waals surface area contributed by atoms with E-state index in [0.29, 0.717) is 37.0 Å². The lowest BCUT2D eigenvalue weighted by molar-refractivity contribution is 0.159. The maximum absolute atomic E-state index is 14.1. The summed E-state index contributed by atoms with van der Waals surface area (Å²) in [6.07, 6.45) is 3.46. The molecule has 0 spiro atoms. The number of nitrogens with one attached hydrogen (secondary N) is 2. The molecule has 0 aliphatic carbocycles. The van der Waals surface area contributed by atoms with E-state index in [1.54, 1.807) is 36.3 Å². The molecule has 2 aromatic carbocycles. The summed E-state index contributed by atoms with van der Waals surface area (Å²) < 4.78 is 21.0. The topological polar surface area (TPSA) is 97.2 Å². The highest BCUT2D eigenvalue weighted by Gasteiger charge is 2.35. The van der Waals surface area contributed by atoms with Crippen molar-refractivity contribution in [3.8, 4) is 16.9 Å². The smallest absolute Gasteiger partial charge is 0.320 e. The number of hydrogen-bond acceptors (Lipinski definition) is 6. The molecular formula is C29H32FN7O2. The van der Waals surface area contributed by atoms with Gasteiger partial charge in [0, 0.05) is 56.2 Å². The highest BCUT2D eigenvalue weighted by Crippen LogP contribution is 2.31. The molecule has 0 bridgehead atoms. The molecule has 0 saturated carbocycles. The number of amides is 2. The number of anilines is 1. The van der Waals surface area contributed by atoms with Gasteiger partial charge in [-0.05, 0) is 43.7 Å². The van der Waals surface area contributed by atoms with Gasteiger partial charge in [-0.1, -0.05) is 30.3 Å². The maximum atomic E-state index is 14.1. The molecule has 39 heavy (non-hydrogen) atoms. The fraction of sp³-hybridized carbons (Fsp3) is 0.310. The Bertz CT molecular complexity index is 1430. The Morgan fingerprint density at radius 2 is 1.85 bits per heavy atom. The second-order valence-corrected chi connectivity index (χ2v) is 9.71. The average molecular weight is 530 g/mol. The summed E-state index contributed by atoms with van der Waals surface area (Å²) in [5.74, 6) is 0.858. The number of urea groups is 1. The summed E-state index contributed by atoms with van der Waals surface area (Å²) in [4.78, 5) is 24.3. The molecule has 2 N–H and O–H groups in total. The first-order valence-corrected chi connectivity index (χ1v) is 12.9. The van der Waals surface area contributed by atoms with Crippen molar-refractivity contribution in [3.63, 3.8) is 0 Å². The first-order chi connectivity index (χ1) is 18.9. The van der Waals surface area contributed by atoms with E-state index < -0.39 is 0 Å². The highest BCUT2D eigenvalue weighted by molar-refractivity contribution is 5.91. The van der Waals surface area contributed by atoms with E-state index in [1.807, 2.05) is 50.2 Å². The molecule has 0 unspecified atom stereocenters. The maximum Gasteiger partial charge on any atom is 0.320 e. The van der Waals surface area contributed by atoms with Gasteiger partial charge in [0.1, 0.15) is 23.2 Å². The predicted molar refractivity (Wildman–Crippen MR) is 147 cm³/mol. The third-order valence-corrected chi connectivity index (χ3v) is 7.01. The number of rotatable bonds is 8. The number of aromatic nitrogens is 4. The fourth-order valence-electron chi connectivity index (χ4n) is 5.01. The summed E-state index contributed by atoms with van der Waals surface area (Å²) in [7, 11) is 1.67. The molecule has 2 atom stereocenters. The van der Waals surface area contributed by atoms with Crippen LogP contribution in [0, 0.1) is 19.7 Å². The van der Waals surface area contributed by atoms with E-state index >= 15 is 0 Å². The highest BCUT2D eigenvalue weighted by atomic mass is 19.1. The zero-order valence-corrected chi connectivity index (χ0v) is 22.3. The van der Waals surface area contributed by atoms with Crippen molar-refractivity contribution < 1.29 is 13.9 Å². The van der Waals surface area contributed by atoms with Gasteiger partial charge in [0.25, 0.3) is 0 Å². The first-order valence-electron chi connectivity index (χ1n) is 12.9. The lowest BCUT2D eigenvalue weighted by atomic mass is 9.94. The summed E-state index contributed by atoms with van der Waals surface area (Å²) >= 11 is 0. The van der Waals surface area contributed by atoms with Crippen LogP contribution in [-0.2, 0) is 4.74 Å². The van der Waals surface area contributed by atoms with Crippen molar-refractivity contribution in [1.82, 2.24) is 30.0 Å². The minimum Gasteiger partial charge on any atom is -0.383 e. The van der Waals surface area contributed by atoms with Crippen LogP contribution < -0.4 is 10.6 Å². The molecule has 3 heterocycles. The lowest BCUT2D eigenvalue weighted by Gasteiger charge is -2.21. The second kappa shape index (κ2) is 11.7. The Kier molecular flexibility index (Phi) is 7.94. The molecule has 0 radical (unpaired) electrons. The number of hydrogen-bond donors (Lipinski definition) is 2. The predicted octanol–water partition coefficient (Wildman–Crippen LogP) is 4.32. The number of para-hydroxylation sites is 1. The fourth-order valence-corrected chi connectivity index (χ4v) is 5.01. The van der Waals surface area contributed by atoms with Gasteiger partial charge >= 0.3 is 6.03 Å². The number of aryl methyl sites for hydroxylation is 1. The molecule has 4 aromatic rings. The van der Waals surface area contributed by atoms with Crippen LogP contribution >= 0.6 is 0 Å². The Labute approximate surface area is 227 Å². The Hall–Kier alpha value is -4.15. The molecule has 9 nitrogen and oxygen atoms in total. The quantitative estimate of drug-likeness (QED) is 0.353. The number of methoxy groups -OCH3 is 1. The Balaban J connectivity index is 1.42. The SMILES string of the molecule is COCCN1C[C@@H](NC(=O)Nc2c(C)c(-c3cnc(C)nc3)nn2-c2ccccc2)[C@H](c2cccc(F)c2)C1. The number of carbonyl (C=O) groups excluding carboxylic acids is 1. The Morgan fingerprint density at radius 3 is 2.56 bits per heavy atom. The number of halogens is 1. The molecule has 2 aromatic heterocycles.